The molecule has 0 aromatic rings. The van der Waals surface area contributed by atoms with Crippen LogP contribution in [-0.4, -0.2) is 35.6 Å². The van der Waals surface area contributed by atoms with Crippen molar-refractivity contribution in [1.29, 1.82) is 0 Å². The van der Waals surface area contributed by atoms with Crippen LogP contribution in [0.5, 0.6) is 0 Å². The van der Waals surface area contributed by atoms with Gasteiger partial charge in [0.1, 0.15) is 5.54 Å². The summed E-state index contributed by atoms with van der Waals surface area (Å²) in [6.07, 6.45) is 1.10. The van der Waals surface area contributed by atoms with Gasteiger partial charge in [-0.05, 0) is 19.9 Å². The van der Waals surface area contributed by atoms with Crippen LogP contribution >= 0.6 is 0 Å². The number of hydrogen-bond acceptors (Lipinski definition) is 3. The molecule has 0 aliphatic rings. The molecule has 0 rings (SSSR count). The van der Waals surface area contributed by atoms with Crippen LogP contribution in [0.15, 0.2) is 12.7 Å². The van der Waals surface area contributed by atoms with Crippen LogP contribution in [0.25, 0.3) is 0 Å². The lowest BCUT2D eigenvalue weighted by molar-refractivity contribution is -0.130. The zero-order valence-electron chi connectivity index (χ0n) is 8.46. The minimum Gasteiger partial charge on any atom is -0.395 e. The number of nitrogens with one attached hydrogen (secondary N) is 2. The van der Waals surface area contributed by atoms with Gasteiger partial charge in [0, 0.05) is 6.54 Å². The lowest BCUT2D eigenvalue weighted by atomic mass is 10.0. The third kappa shape index (κ3) is 4.04. The van der Waals surface area contributed by atoms with Crippen LogP contribution < -0.4 is 10.6 Å². The van der Waals surface area contributed by atoms with Gasteiger partial charge < -0.3 is 15.7 Å². The van der Waals surface area contributed by atoms with Crippen molar-refractivity contribution in [3.8, 4) is 0 Å². The normalized spacial score (nSPS) is 10.5. The van der Waals surface area contributed by atoms with Crippen LogP contribution in [0.1, 0.15) is 13.8 Å². The second-order valence-electron chi connectivity index (χ2n) is 3.30. The van der Waals surface area contributed by atoms with Gasteiger partial charge in [-0.3, -0.25) is 9.59 Å². The Bertz CT molecular complexity index is 236. The monoisotopic (exact) mass is 200 g/mol. The van der Waals surface area contributed by atoms with E-state index in [2.05, 4.69) is 17.2 Å². The molecule has 0 radical (unpaired) electrons. The van der Waals surface area contributed by atoms with E-state index in [0.29, 0.717) is 0 Å². The Balaban J connectivity index is 4.22. The topological polar surface area (TPSA) is 78.4 Å². The lowest BCUT2D eigenvalue weighted by Gasteiger charge is -2.24. The Kier molecular flexibility index (Phi) is 4.86. The summed E-state index contributed by atoms with van der Waals surface area (Å²) in [4.78, 5) is 22.4. The van der Waals surface area contributed by atoms with E-state index in [1.165, 1.54) is 0 Å². The van der Waals surface area contributed by atoms with Crippen molar-refractivity contribution in [2.24, 2.45) is 0 Å². The number of rotatable bonds is 5. The van der Waals surface area contributed by atoms with Gasteiger partial charge in [0.25, 0.3) is 0 Å². The van der Waals surface area contributed by atoms with Crippen LogP contribution in [0.3, 0.4) is 0 Å². The van der Waals surface area contributed by atoms with Crippen molar-refractivity contribution in [3.63, 3.8) is 0 Å². The maximum atomic E-state index is 11.4. The fourth-order valence-electron chi connectivity index (χ4n) is 0.806. The number of carbonyl (C=O) groups excluding carboxylic acids is 2. The minimum atomic E-state index is -1.000. The molecule has 0 heterocycles. The summed E-state index contributed by atoms with van der Waals surface area (Å²) in [6.45, 7) is 6.47. The molecule has 5 nitrogen and oxygen atoms in total. The molecule has 80 valence electrons. The van der Waals surface area contributed by atoms with Gasteiger partial charge in [0.05, 0.1) is 6.61 Å². The molecule has 0 aromatic heterocycles. The van der Waals surface area contributed by atoms with Crippen molar-refractivity contribution in [2.75, 3.05) is 13.2 Å². The smallest absolute Gasteiger partial charge is 0.245 e. The van der Waals surface area contributed by atoms with E-state index in [1.807, 2.05) is 0 Å². The molecule has 5 heteroatoms. The first kappa shape index (κ1) is 12.6. The molecule has 0 aromatic carbocycles. The summed E-state index contributed by atoms with van der Waals surface area (Å²) in [5.74, 6) is -0.754. The highest BCUT2D eigenvalue weighted by Crippen LogP contribution is 2.01. The molecular weight excluding hydrogens is 184 g/mol. The summed E-state index contributed by atoms with van der Waals surface area (Å²) in [7, 11) is 0. The summed E-state index contributed by atoms with van der Waals surface area (Å²) in [6, 6.07) is 0. The number of amides is 2. The van der Waals surface area contributed by atoms with Crippen molar-refractivity contribution >= 4 is 11.8 Å². The maximum absolute atomic E-state index is 11.4. The Morgan fingerprint density at radius 1 is 1.50 bits per heavy atom. The SMILES string of the molecule is C=CC(=O)NC(C)(C)C(=O)NCCO. The predicted octanol–water partition coefficient (Wildman–Crippen LogP) is -0.824. The molecule has 0 saturated carbocycles. The van der Waals surface area contributed by atoms with E-state index in [-0.39, 0.29) is 19.1 Å². The molecule has 0 spiro atoms. The van der Waals surface area contributed by atoms with E-state index in [1.54, 1.807) is 13.8 Å². The molecule has 0 aliphatic carbocycles. The molecule has 0 saturated heterocycles. The van der Waals surface area contributed by atoms with E-state index in [4.69, 9.17) is 5.11 Å². The molecule has 0 atom stereocenters. The largest absolute Gasteiger partial charge is 0.395 e. The summed E-state index contributed by atoms with van der Waals surface area (Å²) >= 11 is 0. The second-order valence-corrected chi connectivity index (χ2v) is 3.30. The van der Waals surface area contributed by atoms with Crippen LogP contribution in [0, 0.1) is 0 Å². The second kappa shape index (κ2) is 5.39. The number of aliphatic hydroxyl groups is 1. The van der Waals surface area contributed by atoms with Crippen LogP contribution in [-0.2, 0) is 9.59 Å². The van der Waals surface area contributed by atoms with Crippen LogP contribution in [0.4, 0.5) is 0 Å². The Hall–Kier alpha value is -1.36. The molecule has 0 aliphatic heterocycles. The van der Waals surface area contributed by atoms with Gasteiger partial charge >= 0.3 is 0 Å². The van der Waals surface area contributed by atoms with E-state index in [0.717, 1.165) is 6.08 Å². The van der Waals surface area contributed by atoms with Gasteiger partial charge in [0.15, 0.2) is 0 Å². The first-order valence-electron chi connectivity index (χ1n) is 4.27. The third-order valence-electron chi connectivity index (χ3n) is 1.59. The number of hydrogen-bond donors (Lipinski definition) is 3. The van der Waals surface area contributed by atoms with Gasteiger partial charge in [-0.15, -0.1) is 0 Å². The van der Waals surface area contributed by atoms with Crippen molar-refractivity contribution < 1.29 is 14.7 Å². The zero-order chi connectivity index (χ0) is 11.2. The van der Waals surface area contributed by atoms with Crippen molar-refractivity contribution in [2.45, 2.75) is 19.4 Å². The Labute approximate surface area is 83.2 Å². The highest BCUT2D eigenvalue weighted by molar-refractivity contribution is 5.94. The molecular formula is C9H16N2O3. The van der Waals surface area contributed by atoms with Gasteiger partial charge in [-0.2, -0.15) is 0 Å². The average Bonchev–Trinajstić information content (AvgIpc) is 2.13. The highest BCUT2D eigenvalue weighted by Gasteiger charge is 2.27. The molecule has 0 bridgehead atoms. The molecule has 14 heavy (non-hydrogen) atoms. The van der Waals surface area contributed by atoms with E-state index in [9.17, 15) is 9.59 Å². The summed E-state index contributed by atoms with van der Waals surface area (Å²) in [5, 5.41) is 13.4. The maximum Gasteiger partial charge on any atom is 0.245 e. The molecule has 0 unspecified atom stereocenters. The molecule has 0 fully saturated rings. The third-order valence-corrected chi connectivity index (χ3v) is 1.59. The number of carbonyl (C=O) groups is 2. The number of aliphatic hydroxyl groups excluding tert-OH is 1. The highest BCUT2D eigenvalue weighted by atomic mass is 16.3. The first-order valence-corrected chi connectivity index (χ1v) is 4.27. The Morgan fingerprint density at radius 2 is 2.07 bits per heavy atom. The fraction of sp³-hybridized carbons (Fsp3) is 0.556. The fourth-order valence-corrected chi connectivity index (χ4v) is 0.806. The van der Waals surface area contributed by atoms with Crippen LogP contribution in [0.2, 0.25) is 0 Å². The summed E-state index contributed by atoms with van der Waals surface area (Å²) in [5.41, 5.74) is -1.000. The van der Waals surface area contributed by atoms with Gasteiger partial charge in [-0.1, -0.05) is 6.58 Å². The van der Waals surface area contributed by atoms with E-state index < -0.39 is 11.4 Å². The lowest BCUT2D eigenvalue weighted by Crippen LogP contribution is -2.54. The van der Waals surface area contributed by atoms with Gasteiger partial charge in [0.2, 0.25) is 11.8 Å². The molecule has 2 amide bonds. The predicted molar refractivity (Wildman–Crippen MR) is 52.5 cm³/mol. The standard InChI is InChI=1S/C9H16N2O3/c1-4-7(13)11-9(2,3)8(14)10-5-6-12/h4,12H,1,5-6H2,2-3H3,(H,10,14)(H,11,13). The van der Waals surface area contributed by atoms with Gasteiger partial charge in [-0.25, -0.2) is 0 Å². The zero-order valence-corrected chi connectivity index (χ0v) is 8.46. The summed E-state index contributed by atoms with van der Waals surface area (Å²) < 4.78 is 0. The van der Waals surface area contributed by atoms with E-state index >= 15 is 0 Å². The first-order chi connectivity index (χ1) is 6.44. The quantitative estimate of drug-likeness (QED) is 0.507. The Morgan fingerprint density at radius 3 is 2.50 bits per heavy atom. The minimum absolute atomic E-state index is 0.128. The van der Waals surface area contributed by atoms with Crippen molar-refractivity contribution in [1.82, 2.24) is 10.6 Å². The average molecular weight is 200 g/mol. The molecule has 3 N–H and O–H groups in total. The van der Waals surface area contributed by atoms with Crippen molar-refractivity contribution in [3.05, 3.63) is 12.7 Å².